The lowest BCUT2D eigenvalue weighted by molar-refractivity contribution is 0.422. The minimum atomic E-state index is -0.205. The molecule has 0 aromatic heterocycles. The van der Waals surface area contributed by atoms with Crippen LogP contribution >= 0.6 is 11.6 Å². The molecule has 1 heterocycles. The number of halogens is 2. The molecule has 0 spiro atoms. The van der Waals surface area contributed by atoms with Gasteiger partial charge in [-0.15, -0.1) is 11.6 Å². The minimum Gasteiger partial charge on any atom is -0.371 e. The lowest BCUT2D eigenvalue weighted by atomic mass is 9.95. The molecule has 0 saturated carbocycles. The third-order valence-electron chi connectivity index (χ3n) is 3.69. The third kappa shape index (κ3) is 2.74. The standard InChI is InChI=1S/C14H19ClFN/c1-10(2)11-5-6-17(9-11)14-4-3-13(16)7-12(14)8-15/h3-4,7,10-11H,5-6,8-9H2,1-2H3. The fourth-order valence-corrected chi connectivity index (χ4v) is 2.73. The average molecular weight is 256 g/mol. The van der Waals surface area contributed by atoms with Gasteiger partial charge in [0.2, 0.25) is 0 Å². The number of benzene rings is 1. The van der Waals surface area contributed by atoms with Crippen LogP contribution in [-0.4, -0.2) is 13.1 Å². The van der Waals surface area contributed by atoms with Crippen LogP contribution in [0.25, 0.3) is 0 Å². The molecule has 1 atom stereocenters. The van der Waals surface area contributed by atoms with Crippen molar-refractivity contribution in [1.29, 1.82) is 0 Å². The zero-order chi connectivity index (χ0) is 12.4. The Morgan fingerprint density at radius 3 is 2.82 bits per heavy atom. The summed E-state index contributed by atoms with van der Waals surface area (Å²) in [5.41, 5.74) is 2.00. The zero-order valence-electron chi connectivity index (χ0n) is 10.4. The molecule has 1 aliphatic rings. The summed E-state index contributed by atoms with van der Waals surface area (Å²) >= 11 is 5.89. The molecule has 1 saturated heterocycles. The average Bonchev–Trinajstić information content (AvgIpc) is 2.78. The van der Waals surface area contributed by atoms with Crippen molar-refractivity contribution >= 4 is 17.3 Å². The first-order valence-corrected chi connectivity index (χ1v) is 6.74. The molecule has 0 aliphatic carbocycles. The summed E-state index contributed by atoms with van der Waals surface area (Å²) in [6.07, 6.45) is 1.22. The van der Waals surface area contributed by atoms with Crippen LogP contribution in [0.15, 0.2) is 18.2 Å². The molecule has 2 rings (SSSR count). The fraction of sp³-hybridized carbons (Fsp3) is 0.571. The van der Waals surface area contributed by atoms with Crippen molar-refractivity contribution in [2.75, 3.05) is 18.0 Å². The minimum absolute atomic E-state index is 0.205. The summed E-state index contributed by atoms with van der Waals surface area (Å²) in [6.45, 7) is 6.65. The highest BCUT2D eigenvalue weighted by Gasteiger charge is 2.26. The van der Waals surface area contributed by atoms with Crippen LogP contribution in [0.1, 0.15) is 25.8 Å². The van der Waals surface area contributed by atoms with Gasteiger partial charge in [-0.3, -0.25) is 0 Å². The van der Waals surface area contributed by atoms with Gasteiger partial charge in [-0.1, -0.05) is 13.8 Å². The number of nitrogens with zero attached hydrogens (tertiary/aromatic N) is 1. The van der Waals surface area contributed by atoms with E-state index in [1.807, 2.05) is 6.07 Å². The molecule has 1 unspecified atom stereocenters. The maximum atomic E-state index is 13.1. The van der Waals surface area contributed by atoms with E-state index in [1.54, 1.807) is 6.07 Å². The summed E-state index contributed by atoms with van der Waals surface area (Å²) in [5.74, 6) is 1.61. The Bertz CT molecular complexity index is 392. The molecule has 1 nitrogen and oxygen atoms in total. The summed E-state index contributed by atoms with van der Waals surface area (Å²) in [6, 6.07) is 4.93. The van der Waals surface area contributed by atoms with E-state index < -0.39 is 0 Å². The largest absolute Gasteiger partial charge is 0.371 e. The van der Waals surface area contributed by atoms with E-state index in [1.165, 1.54) is 12.5 Å². The first kappa shape index (κ1) is 12.7. The van der Waals surface area contributed by atoms with Crippen molar-refractivity contribution in [3.05, 3.63) is 29.6 Å². The topological polar surface area (TPSA) is 3.24 Å². The fourth-order valence-electron chi connectivity index (χ4n) is 2.52. The molecule has 1 aromatic rings. The molecule has 0 N–H and O–H groups in total. The molecule has 3 heteroatoms. The Balaban J connectivity index is 2.18. The van der Waals surface area contributed by atoms with E-state index in [-0.39, 0.29) is 5.82 Å². The maximum Gasteiger partial charge on any atom is 0.123 e. The summed E-state index contributed by atoms with van der Waals surface area (Å²) in [4.78, 5) is 2.34. The number of rotatable bonds is 3. The second kappa shape index (κ2) is 5.26. The Morgan fingerprint density at radius 2 is 2.24 bits per heavy atom. The van der Waals surface area contributed by atoms with E-state index in [0.29, 0.717) is 11.8 Å². The van der Waals surface area contributed by atoms with Crippen molar-refractivity contribution in [3.63, 3.8) is 0 Å². The molecule has 1 aliphatic heterocycles. The van der Waals surface area contributed by atoms with Crippen LogP contribution in [-0.2, 0) is 5.88 Å². The highest BCUT2D eigenvalue weighted by atomic mass is 35.5. The molecular formula is C14H19ClFN. The van der Waals surface area contributed by atoms with Crippen molar-refractivity contribution in [2.45, 2.75) is 26.1 Å². The smallest absolute Gasteiger partial charge is 0.123 e. The van der Waals surface area contributed by atoms with Crippen molar-refractivity contribution < 1.29 is 4.39 Å². The second-order valence-corrected chi connectivity index (χ2v) is 5.41. The van der Waals surface area contributed by atoms with Gasteiger partial charge in [-0.25, -0.2) is 4.39 Å². The molecular weight excluding hydrogens is 237 g/mol. The van der Waals surface area contributed by atoms with Gasteiger partial charge in [0.15, 0.2) is 0 Å². The second-order valence-electron chi connectivity index (χ2n) is 5.15. The number of alkyl halides is 1. The van der Waals surface area contributed by atoms with Crippen LogP contribution < -0.4 is 4.90 Å². The monoisotopic (exact) mass is 255 g/mol. The van der Waals surface area contributed by atoms with E-state index in [2.05, 4.69) is 18.7 Å². The summed E-state index contributed by atoms with van der Waals surface area (Å²) < 4.78 is 13.1. The van der Waals surface area contributed by atoms with Gasteiger partial charge in [-0.05, 0) is 42.0 Å². The maximum absolute atomic E-state index is 13.1. The molecule has 0 amide bonds. The first-order valence-electron chi connectivity index (χ1n) is 6.21. The highest BCUT2D eigenvalue weighted by molar-refractivity contribution is 6.17. The zero-order valence-corrected chi connectivity index (χ0v) is 11.2. The Hall–Kier alpha value is -0.760. The van der Waals surface area contributed by atoms with Gasteiger partial charge < -0.3 is 4.90 Å². The van der Waals surface area contributed by atoms with Crippen LogP contribution in [0, 0.1) is 17.7 Å². The molecule has 94 valence electrons. The SMILES string of the molecule is CC(C)C1CCN(c2ccc(F)cc2CCl)C1. The van der Waals surface area contributed by atoms with Gasteiger partial charge in [0.1, 0.15) is 5.82 Å². The van der Waals surface area contributed by atoms with E-state index >= 15 is 0 Å². The quantitative estimate of drug-likeness (QED) is 0.737. The van der Waals surface area contributed by atoms with Gasteiger partial charge in [-0.2, -0.15) is 0 Å². The van der Waals surface area contributed by atoms with E-state index in [9.17, 15) is 4.39 Å². The van der Waals surface area contributed by atoms with Crippen molar-refractivity contribution in [3.8, 4) is 0 Å². The lowest BCUT2D eigenvalue weighted by Crippen LogP contribution is -2.22. The van der Waals surface area contributed by atoms with E-state index in [0.717, 1.165) is 30.3 Å². The van der Waals surface area contributed by atoms with E-state index in [4.69, 9.17) is 11.6 Å². The molecule has 0 bridgehead atoms. The Morgan fingerprint density at radius 1 is 1.47 bits per heavy atom. The summed E-state index contributed by atoms with van der Waals surface area (Å²) in [7, 11) is 0. The van der Waals surface area contributed by atoms with Gasteiger partial charge >= 0.3 is 0 Å². The highest BCUT2D eigenvalue weighted by Crippen LogP contribution is 2.31. The predicted octanol–water partition coefficient (Wildman–Crippen LogP) is 4.05. The number of anilines is 1. The van der Waals surface area contributed by atoms with Gasteiger partial charge in [0, 0.05) is 24.7 Å². The van der Waals surface area contributed by atoms with Crippen LogP contribution in [0.5, 0.6) is 0 Å². The van der Waals surface area contributed by atoms with Crippen molar-refractivity contribution in [1.82, 2.24) is 0 Å². The predicted molar refractivity (Wildman–Crippen MR) is 71.1 cm³/mol. The Kier molecular flexibility index (Phi) is 3.93. The summed E-state index contributed by atoms with van der Waals surface area (Å²) in [5, 5.41) is 0. The number of hydrogen-bond acceptors (Lipinski definition) is 1. The Labute approximate surface area is 108 Å². The van der Waals surface area contributed by atoms with Crippen LogP contribution in [0.3, 0.4) is 0 Å². The molecule has 0 radical (unpaired) electrons. The molecule has 17 heavy (non-hydrogen) atoms. The molecule has 1 fully saturated rings. The molecule has 1 aromatic carbocycles. The number of hydrogen-bond donors (Lipinski definition) is 0. The third-order valence-corrected chi connectivity index (χ3v) is 3.98. The first-order chi connectivity index (χ1) is 8.11. The van der Waals surface area contributed by atoms with Crippen LogP contribution in [0.4, 0.5) is 10.1 Å². The van der Waals surface area contributed by atoms with Crippen molar-refractivity contribution in [2.24, 2.45) is 11.8 Å². The van der Waals surface area contributed by atoms with Crippen LogP contribution in [0.2, 0.25) is 0 Å². The lowest BCUT2D eigenvalue weighted by Gasteiger charge is -2.22. The van der Waals surface area contributed by atoms with Gasteiger partial charge in [0.25, 0.3) is 0 Å². The normalized spacial score (nSPS) is 20.3. The van der Waals surface area contributed by atoms with Gasteiger partial charge in [0.05, 0.1) is 0 Å².